The monoisotopic (exact) mass is 318 g/mol. The summed E-state index contributed by atoms with van der Waals surface area (Å²) in [6.07, 6.45) is 8.10. The zero-order valence-electron chi connectivity index (χ0n) is 14.6. The van der Waals surface area contributed by atoms with E-state index in [9.17, 15) is 14.7 Å². The smallest absolute Gasteiger partial charge is 0.302 e. The summed E-state index contributed by atoms with van der Waals surface area (Å²) in [6.45, 7) is 9.03. The van der Waals surface area contributed by atoms with Crippen molar-refractivity contribution in [2.24, 2.45) is 5.41 Å². The van der Waals surface area contributed by atoms with Crippen LogP contribution in [0, 0.1) is 5.41 Å². The van der Waals surface area contributed by atoms with E-state index in [1.54, 1.807) is 25.2 Å². The molecule has 0 spiro atoms. The predicted octanol–water partition coefficient (Wildman–Crippen LogP) is 3.27. The van der Waals surface area contributed by atoms with Crippen LogP contribution in [0.2, 0.25) is 0 Å². The molecule has 1 N–H and O–H groups in total. The van der Waals surface area contributed by atoms with Crippen LogP contribution < -0.4 is 0 Å². The lowest BCUT2D eigenvalue weighted by Gasteiger charge is -2.44. The number of rotatable bonds is 4. The minimum absolute atomic E-state index is 0.296. The molecule has 0 heterocycles. The molecular weight excluding hydrogens is 292 g/mol. The molecule has 23 heavy (non-hydrogen) atoms. The summed E-state index contributed by atoms with van der Waals surface area (Å²) < 4.78 is 5.30. The maximum absolute atomic E-state index is 11.2. The second-order valence-corrected chi connectivity index (χ2v) is 6.89. The van der Waals surface area contributed by atoms with Crippen molar-refractivity contribution in [2.45, 2.75) is 59.2 Å². The molecule has 0 unspecified atom stereocenters. The molecule has 1 fully saturated rings. The molecule has 0 aromatic rings. The van der Waals surface area contributed by atoms with E-state index in [1.807, 2.05) is 20.8 Å². The third-order valence-electron chi connectivity index (χ3n) is 3.90. The first-order valence-electron chi connectivity index (χ1n) is 7.74. The molecule has 2 atom stereocenters. The Morgan fingerprint density at radius 3 is 2.43 bits per heavy atom. The summed E-state index contributed by atoms with van der Waals surface area (Å²) in [7, 11) is 0. The van der Waals surface area contributed by atoms with Crippen LogP contribution in [0.5, 0.6) is 0 Å². The Balaban J connectivity index is 3.12. The van der Waals surface area contributed by atoms with E-state index < -0.39 is 5.60 Å². The van der Waals surface area contributed by atoms with Crippen LogP contribution in [0.3, 0.4) is 0 Å². The predicted molar refractivity (Wildman–Crippen MR) is 89.7 cm³/mol. The number of hydrogen-bond donors (Lipinski definition) is 1. The van der Waals surface area contributed by atoms with E-state index in [0.29, 0.717) is 12.8 Å². The third-order valence-corrected chi connectivity index (χ3v) is 3.90. The van der Waals surface area contributed by atoms with Crippen molar-refractivity contribution in [3.63, 3.8) is 0 Å². The first-order chi connectivity index (χ1) is 10.6. The molecule has 0 aromatic carbocycles. The second kappa shape index (κ2) is 7.58. The average Bonchev–Trinajstić information content (AvgIpc) is 2.35. The van der Waals surface area contributed by atoms with Crippen molar-refractivity contribution in [3.05, 3.63) is 41.2 Å². The molecule has 0 aromatic heterocycles. The highest BCUT2D eigenvalue weighted by Crippen LogP contribution is 2.46. The number of carbonyl (C=O) groups excluding carboxylic acids is 2. The maximum atomic E-state index is 11.2. The van der Waals surface area contributed by atoms with Gasteiger partial charge in [0.15, 0.2) is 0 Å². The highest BCUT2D eigenvalue weighted by molar-refractivity contribution is 5.66. The highest BCUT2D eigenvalue weighted by atomic mass is 16.5. The quantitative estimate of drug-likeness (QED) is 0.284. The minimum atomic E-state index is -1.09. The van der Waals surface area contributed by atoms with Crippen LogP contribution in [0.4, 0.5) is 0 Å². The van der Waals surface area contributed by atoms with Gasteiger partial charge in [0, 0.05) is 18.9 Å². The second-order valence-electron chi connectivity index (χ2n) is 6.89. The number of aliphatic hydroxyl groups is 1. The largest absolute Gasteiger partial charge is 0.462 e. The number of esters is 1. The highest BCUT2D eigenvalue weighted by Gasteiger charge is 2.46. The fourth-order valence-electron chi connectivity index (χ4n) is 3.17. The van der Waals surface area contributed by atoms with Crippen LogP contribution in [-0.4, -0.2) is 29.1 Å². The van der Waals surface area contributed by atoms with Crippen molar-refractivity contribution in [1.29, 1.82) is 0 Å². The standard InChI is InChI=1S/C19H26O4/c1-14(8-6-7-11-20)9-10-17-18(3,4)12-16(23-15(2)21)13-19(17,5)22/h6-9,11,16,22H,12-13H2,1-5H3/b7-6+,14-8+/t10?,16-,19+/m0/s1. The van der Waals surface area contributed by atoms with E-state index in [-0.39, 0.29) is 17.5 Å². The van der Waals surface area contributed by atoms with Gasteiger partial charge < -0.3 is 9.84 Å². The summed E-state index contributed by atoms with van der Waals surface area (Å²) in [6, 6.07) is 0. The van der Waals surface area contributed by atoms with Gasteiger partial charge in [-0.3, -0.25) is 9.59 Å². The van der Waals surface area contributed by atoms with E-state index in [0.717, 1.165) is 17.4 Å². The lowest BCUT2D eigenvalue weighted by atomic mass is 9.65. The summed E-state index contributed by atoms with van der Waals surface area (Å²) in [5.41, 5.74) is 3.50. The van der Waals surface area contributed by atoms with Gasteiger partial charge in [-0.2, -0.15) is 0 Å². The summed E-state index contributed by atoms with van der Waals surface area (Å²) in [5.74, 6) is -0.328. The number of carbonyl (C=O) groups is 2. The molecule has 1 rings (SSSR count). The first kappa shape index (κ1) is 19.1. The Hall–Kier alpha value is -1.90. The molecule has 4 nitrogen and oxygen atoms in total. The molecule has 0 radical (unpaired) electrons. The van der Waals surface area contributed by atoms with Gasteiger partial charge in [0.05, 0.1) is 5.60 Å². The van der Waals surface area contributed by atoms with Crippen LogP contribution in [0.1, 0.15) is 47.5 Å². The Morgan fingerprint density at radius 1 is 1.26 bits per heavy atom. The van der Waals surface area contributed by atoms with Gasteiger partial charge in [-0.15, -0.1) is 5.73 Å². The summed E-state index contributed by atoms with van der Waals surface area (Å²) in [4.78, 5) is 21.4. The van der Waals surface area contributed by atoms with E-state index >= 15 is 0 Å². The van der Waals surface area contributed by atoms with Crippen molar-refractivity contribution >= 4 is 12.3 Å². The molecule has 1 aliphatic carbocycles. The van der Waals surface area contributed by atoms with Crippen molar-refractivity contribution in [3.8, 4) is 0 Å². The molecule has 0 saturated heterocycles. The van der Waals surface area contributed by atoms with E-state index in [4.69, 9.17) is 4.74 Å². The Morgan fingerprint density at radius 2 is 1.91 bits per heavy atom. The maximum Gasteiger partial charge on any atom is 0.302 e. The van der Waals surface area contributed by atoms with Gasteiger partial charge in [-0.25, -0.2) is 0 Å². The Bertz CT molecular complexity index is 564. The zero-order chi connectivity index (χ0) is 17.7. The van der Waals surface area contributed by atoms with Gasteiger partial charge in [-0.1, -0.05) is 26.0 Å². The number of ether oxygens (including phenoxy) is 1. The van der Waals surface area contributed by atoms with Gasteiger partial charge >= 0.3 is 5.97 Å². The Labute approximate surface area is 138 Å². The topological polar surface area (TPSA) is 63.6 Å². The fourth-order valence-corrected chi connectivity index (χ4v) is 3.17. The molecule has 1 saturated carbocycles. The SMILES string of the molecule is CC(=O)O[C@H]1CC(C)(C)C(=C=C/C(C)=C/C=C/C=O)[C@](C)(O)C1. The zero-order valence-corrected chi connectivity index (χ0v) is 14.6. The molecule has 0 bridgehead atoms. The molecule has 1 aliphatic rings. The summed E-state index contributed by atoms with van der Waals surface area (Å²) in [5, 5.41) is 10.8. The lowest BCUT2D eigenvalue weighted by molar-refractivity contribution is -0.152. The lowest BCUT2D eigenvalue weighted by Crippen LogP contribution is -2.46. The van der Waals surface area contributed by atoms with Crippen molar-refractivity contribution in [1.82, 2.24) is 0 Å². The minimum Gasteiger partial charge on any atom is -0.462 e. The van der Waals surface area contributed by atoms with Crippen LogP contribution in [0.25, 0.3) is 0 Å². The number of aldehydes is 1. The molecule has 126 valence electrons. The fraction of sp³-hybridized carbons (Fsp3) is 0.526. The molecule has 0 amide bonds. The van der Waals surface area contributed by atoms with Crippen molar-refractivity contribution in [2.75, 3.05) is 0 Å². The van der Waals surface area contributed by atoms with Gasteiger partial charge in [0.25, 0.3) is 0 Å². The van der Waals surface area contributed by atoms with Gasteiger partial charge in [-0.05, 0) is 43.4 Å². The normalized spacial score (nSPS) is 27.5. The van der Waals surface area contributed by atoms with Crippen molar-refractivity contribution < 1.29 is 19.4 Å². The molecule has 4 heteroatoms. The van der Waals surface area contributed by atoms with E-state index in [2.05, 4.69) is 5.73 Å². The number of allylic oxidation sites excluding steroid dienone is 4. The van der Waals surface area contributed by atoms with Crippen LogP contribution >= 0.6 is 0 Å². The average molecular weight is 318 g/mol. The Kier molecular flexibility index (Phi) is 6.31. The third kappa shape index (κ3) is 5.66. The summed E-state index contributed by atoms with van der Waals surface area (Å²) >= 11 is 0. The molecule has 0 aliphatic heterocycles. The first-order valence-corrected chi connectivity index (χ1v) is 7.74. The molecular formula is C19H26O4. The van der Waals surface area contributed by atoms with Gasteiger partial charge in [0.2, 0.25) is 0 Å². The van der Waals surface area contributed by atoms with E-state index in [1.165, 1.54) is 13.0 Å². The van der Waals surface area contributed by atoms with Crippen LogP contribution in [0.15, 0.2) is 41.2 Å². The number of hydrogen-bond acceptors (Lipinski definition) is 4. The van der Waals surface area contributed by atoms with Gasteiger partial charge in [0.1, 0.15) is 12.4 Å². The van der Waals surface area contributed by atoms with Crippen LogP contribution in [-0.2, 0) is 14.3 Å².